The van der Waals surface area contributed by atoms with E-state index in [1.54, 1.807) is 0 Å². The highest BCUT2D eigenvalue weighted by atomic mass is 32.2. The third-order valence-corrected chi connectivity index (χ3v) is 6.09. The number of sulfonamides is 1. The largest absolute Gasteiger partial charge is 0.335 e. The van der Waals surface area contributed by atoms with Gasteiger partial charge in [-0.15, -0.1) is 0 Å². The average molecular weight is 340 g/mol. The van der Waals surface area contributed by atoms with Gasteiger partial charge in [0.15, 0.2) is 0 Å². The van der Waals surface area contributed by atoms with E-state index in [0.29, 0.717) is 31.7 Å². The summed E-state index contributed by atoms with van der Waals surface area (Å²) in [5.41, 5.74) is 1.69. The van der Waals surface area contributed by atoms with Crippen LogP contribution < -0.4 is 4.72 Å². The molecular weight excluding hydrogens is 316 g/mol. The second kappa shape index (κ2) is 6.60. The highest BCUT2D eigenvalue weighted by Gasteiger charge is 2.31. The van der Waals surface area contributed by atoms with Gasteiger partial charge in [-0.1, -0.05) is 13.3 Å². The zero-order valence-electron chi connectivity index (χ0n) is 13.5. The van der Waals surface area contributed by atoms with E-state index in [4.69, 9.17) is 0 Å². The van der Waals surface area contributed by atoms with Crippen LogP contribution in [0, 0.1) is 5.92 Å². The highest BCUT2D eigenvalue weighted by molar-refractivity contribution is 7.89. The third-order valence-electron chi connectivity index (χ3n) is 4.56. The molecule has 23 heavy (non-hydrogen) atoms. The Bertz CT molecular complexity index is 679. The molecule has 0 spiro atoms. The fourth-order valence-electron chi connectivity index (χ4n) is 3.04. The number of fused-ring (bicyclic) bond motifs is 1. The lowest BCUT2D eigenvalue weighted by Crippen LogP contribution is -2.43. The average Bonchev–Trinajstić information content (AvgIpc) is 2.85. The fourth-order valence-corrected chi connectivity index (χ4v) is 4.09. The van der Waals surface area contributed by atoms with Crippen molar-refractivity contribution >= 4 is 15.9 Å². The van der Waals surface area contributed by atoms with Gasteiger partial charge < -0.3 is 4.90 Å². The molecule has 1 aliphatic carbocycles. The predicted molar refractivity (Wildman–Crippen MR) is 85.9 cm³/mol. The number of aromatic nitrogens is 2. The molecule has 128 valence electrons. The van der Waals surface area contributed by atoms with Gasteiger partial charge in [0, 0.05) is 12.5 Å². The summed E-state index contributed by atoms with van der Waals surface area (Å²) in [5, 5.41) is 4.44. The van der Waals surface area contributed by atoms with Crippen molar-refractivity contribution in [2.75, 3.05) is 12.3 Å². The van der Waals surface area contributed by atoms with Crippen molar-refractivity contribution in [1.29, 1.82) is 0 Å². The van der Waals surface area contributed by atoms with Gasteiger partial charge in [0.25, 0.3) is 0 Å². The van der Waals surface area contributed by atoms with E-state index < -0.39 is 10.0 Å². The summed E-state index contributed by atoms with van der Waals surface area (Å²) in [5.74, 6) is 0.600. The van der Waals surface area contributed by atoms with Gasteiger partial charge in [-0.3, -0.25) is 9.48 Å². The van der Waals surface area contributed by atoms with Crippen LogP contribution in [0.25, 0.3) is 0 Å². The summed E-state index contributed by atoms with van der Waals surface area (Å²) in [7, 11) is -3.23. The van der Waals surface area contributed by atoms with Crippen LogP contribution in [0.3, 0.4) is 0 Å². The molecule has 0 radical (unpaired) electrons. The summed E-state index contributed by atoms with van der Waals surface area (Å²) in [6, 6.07) is 1.90. The Morgan fingerprint density at radius 1 is 1.39 bits per heavy atom. The second-order valence-corrected chi connectivity index (χ2v) is 8.30. The first-order chi connectivity index (χ1) is 11.0. The monoisotopic (exact) mass is 340 g/mol. The molecule has 1 amide bonds. The zero-order chi connectivity index (χ0) is 16.4. The molecular formula is C15H24N4O3S. The molecule has 0 saturated heterocycles. The smallest absolute Gasteiger partial charge is 0.226 e. The lowest BCUT2D eigenvalue weighted by Gasteiger charge is -2.34. The number of hydrogen-bond donors (Lipinski definition) is 1. The molecule has 8 heteroatoms. The van der Waals surface area contributed by atoms with E-state index in [1.807, 2.05) is 22.6 Å². The molecule has 1 N–H and O–H groups in total. The molecule has 7 nitrogen and oxygen atoms in total. The first-order valence-electron chi connectivity index (χ1n) is 8.30. The molecule has 3 rings (SSSR count). The van der Waals surface area contributed by atoms with E-state index in [9.17, 15) is 13.2 Å². The Morgan fingerprint density at radius 2 is 2.17 bits per heavy atom. The van der Waals surface area contributed by atoms with Gasteiger partial charge in [-0.2, -0.15) is 5.10 Å². The van der Waals surface area contributed by atoms with Crippen molar-refractivity contribution in [2.24, 2.45) is 5.92 Å². The maximum Gasteiger partial charge on any atom is 0.226 e. The van der Waals surface area contributed by atoms with Gasteiger partial charge in [0.05, 0.1) is 36.8 Å². The molecule has 0 unspecified atom stereocenters. The van der Waals surface area contributed by atoms with E-state index in [2.05, 4.69) is 9.82 Å². The minimum absolute atomic E-state index is 0.129. The second-order valence-electron chi connectivity index (χ2n) is 6.38. The van der Waals surface area contributed by atoms with Crippen molar-refractivity contribution in [1.82, 2.24) is 19.4 Å². The van der Waals surface area contributed by atoms with Gasteiger partial charge in [0.2, 0.25) is 15.9 Å². The molecule has 1 aromatic rings. The number of hydrogen-bond acceptors (Lipinski definition) is 4. The van der Waals surface area contributed by atoms with Gasteiger partial charge in [-0.05, 0) is 25.3 Å². The van der Waals surface area contributed by atoms with Crippen LogP contribution in [0.2, 0.25) is 0 Å². The first kappa shape index (κ1) is 16.4. The maximum absolute atomic E-state index is 12.3. The minimum Gasteiger partial charge on any atom is -0.335 e. The van der Waals surface area contributed by atoms with Crippen LogP contribution in [-0.2, 0) is 34.5 Å². The molecule has 1 aromatic heterocycles. The Labute approximate surface area is 137 Å². The predicted octanol–water partition coefficient (Wildman–Crippen LogP) is 0.855. The zero-order valence-corrected chi connectivity index (χ0v) is 14.3. The first-order valence-corrected chi connectivity index (χ1v) is 9.95. The number of carbonyl (C=O) groups is 1. The topological polar surface area (TPSA) is 84.3 Å². The van der Waals surface area contributed by atoms with Crippen LogP contribution in [0.1, 0.15) is 44.0 Å². The van der Waals surface area contributed by atoms with Crippen molar-refractivity contribution < 1.29 is 13.2 Å². The normalized spacial score (nSPS) is 18.6. The minimum atomic E-state index is -3.23. The summed E-state index contributed by atoms with van der Waals surface area (Å²) in [6.45, 7) is 3.98. The quantitative estimate of drug-likeness (QED) is 0.832. The summed E-state index contributed by atoms with van der Waals surface area (Å²) in [6.07, 6.45) is 3.77. The molecule has 1 fully saturated rings. The van der Waals surface area contributed by atoms with Crippen LogP contribution in [0.5, 0.6) is 0 Å². The molecule has 0 aromatic carbocycles. The maximum atomic E-state index is 12.3. The van der Waals surface area contributed by atoms with E-state index in [-0.39, 0.29) is 24.1 Å². The number of rotatable bonds is 6. The number of nitrogens with one attached hydrogen (secondary N) is 1. The van der Waals surface area contributed by atoms with Crippen LogP contribution in [-0.4, -0.2) is 41.3 Å². The lowest BCUT2D eigenvalue weighted by atomic mass is 9.84. The third kappa shape index (κ3) is 3.74. The molecule has 2 aliphatic rings. The van der Waals surface area contributed by atoms with Crippen molar-refractivity contribution in [2.45, 2.75) is 52.2 Å². The highest BCUT2D eigenvalue weighted by Crippen LogP contribution is 2.29. The van der Waals surface area contributed by atoms with Crippen LogP contribution in [0.15, 0.2) is 6.07 Å². The molecule has 1 saturated carbocycles. The summed E-state index contributed by atoms with van der Waals surface area (Å²) in [4.78, 5) is 14.2. The van der Waals surface area contributed by atoms with Crippen molar-refractivity contribution in [3.63, 3.8) is 0 Å². The van der Waals surface area contributed by atoms with Gasteiger partial charge >= 0.3 is 0 Å². The Balaban J connectivity index is 1.61. The van der Waals surface area contributed by atoms with Crippen molar-refractivity contribution in [3.8, 4) is 0 Å². The standard InChI is InChI=1S/C15H24N4O3S/c1-2-8-23(21,22)16-10-13-9-14-11-18(6-7-19(14)17-13)15(20)12-4-3-5-12/h9,12,16H,2-8,10-11H2,1H3. The van der Waals surface area contributed by atoms with Gasteiger partial charge in [0.1, 0.15) is 0 Å². The van der Waals surface area contributed by atoms with E-state index >= 15 is 0 Å². The Kier molecular flexibility index (Phi) is 4.72. The number of carbonyl (C=O) groups excluding carboxylic acids is 1. The molecule has 2 heterocycles. The molecule has 1 aliphatic heterocycles. The summed E-state index contributed by atoms with van der Waals surface area (Å²) >= 11 is 0. The lowest BCUT2D eigenvalue weighted by molar-refractivity contribution is -0.139. The fraction of sp³-hybridized carbons (Fsp3) is 0.733. The number of nitrogens with zero attached hydrogens (tertiary/aromatic N) is 3. The van der Waals surface area contributed by atoms with Crippen LogP contribution >= 0.6 is 0 Å². The Hall–Kier alpha value is -1.41. The SMILES string of the molecule is CCCS(=O)(=O)NCc1cc2n(n1)CCN(C(=O)C1CCC1)C2. The molecule has 0 atom stereocenters. The summed E-state index contributed by atoms with van der Waals surface area (Å²) < 4.78 is 27.9. The molecule has 0 bridgehead atoms. The number of amides is 1. The van der Waals surface area contributed by atoms with Crippen LogP contribution in [0.4, 0.5) is 0 Å². The Morgan fingerprint density at radius 3 is 2.83 bits per heavy atom. The van der Waals surface area contributed by atoms with E-state index in [1.165, 1.54) is 0 Å². The van der Waals surface area contributed by atoms with E-state index in [0.717, 1.165) is 25.0 Å². The van der Waals surface area contributed by atoms with Crippen molar-refractivity contribution in [3.05, 3.63) is 17.5 Å². The van der Waals surface area contributed by atoms with Gasteiger partial charge in [-0.25, -0.2) is 13.1 Å².